The van der Waals surface area contributed by atoms with E-state index in [0.29, 0.717) is 0 Å². The first kappa shape index (κ1) is 5.94. The van der Waals surface area contributed by atoms with Gasteiger partial charge in [-0.1, -0.05) is 0 Å². The highest BCUT2D eigenvalue weighted by Gasteiger charge is 1.49. The molecule has 0 amide bonds. The Balaban J connectivity index is 3.07. The summed E-state index contributed by atoms with van der Waals surface area (Å²) in [7, 11) is 0. The second-order valence-corrected chi connectivity index (χ2v) is 1.15. The van der Waals surface area contributed by atoms with Gasteiger partial charge in [0.05, 0.1) is 4.22 Å². The Morgan fingerprint density at radius 3 is 2.50 bits per heavy atom. The van der Waals surface area contributed by atoms with Crippen LogP contribution >= 0.6 is 22.6 Å². The smallest absolute Gasteiger partial charge is 0.0651 e. The first-order chi connectivity index (χ1) is 2.91. The maximum Gasteiger partial charge on any atom is 0.0651 e. The first-order valence-corrected chi connectivity index (χ1v) is 2.65. The first-order valence-electron chi connectivity index (χ1n) is 1.40. The molecule has 2 N–H and O–H groups in total. The van der Waals surface area contributed by atoms with Crippen molar-refractivity contribution in [3.8, 4) is 0 Å². The van der Waals surface area contributed by atoms with Crippen molar-refractivity contribution in [1.29, 1.82) is 0 Å². The van der Waals surface area contributed by atoms with Crippen molar-refractivity contribution in [3.63, 3.8) is 0 Å². The number of nitrogens with two attached hydrogens (primary N) is 1. The predicted molar refractivity (Wildman–Crippen MR) is 35.8 cm³/mol. The third kappa shape index (κ3) is 3.94. The normalized spacial score (nSPS) is 11.5. The lowest BCUT2D eigenvalue weighted by molar-refractivity contribution is 1.50. The van der Waals surface area contributed by atoms with Gasteiger partial charge in [0.15, 0.2) is 0 Å². The van der Waals surface area contributed by atoms with Gasteiger partial charge in [0, 0.05) is 12.4 Å². The molecule has 0 aliphatic carbocycles. The molecule has 6 heavy (non-hydrogen) atoms. The van der Waals surface area contributed by atoms with Crippen molar-refractivity contribution < 1.29 is 0 Å². The van der Waals surface area contributed by atoms with E-state index in [4.69, 9.17) is 5.73 Å². The largest absolute Gasteiger partial charge is 0.403 e. The molecule has 0 aliphatic heterocycles. The summed E-state index contributed by atoms with van der Waals surface area (Å²) in [4.78, 5) is 3.65. The van der Waals surface area contributed by atoms with E-state index in [1.807, 2.05) is 22.6 Å². The van der Waals surface area contributed by atoms with Crippen LogP contribution in [0.1, 0.15) is 0 Å². The summed E-state index contributed by atoms with van der Waals surface area (Å²) in [6, 6.07) is 0. The Hall–Kier alpha value is -0.0600. The van der Waals surface area contributed by atoms with Gasteiger partial charge in [0.1, 0.15) is 0 Å². The fraction of sp³-hybridized carbons (Fsp3) is 0. The van der Waals surface area contributed by atoms with E-state index in [1.165, 1.54) is 12.4 Å². The SMILES string of the molecule is N/C=C\N=CI. The van der Waals surface area contributed by atoms with Crippen molar-refractivity contribution in [2.45, 2.75) is 0 Å². The number of aliphatic imine (C=N–C) groups is 1. The fourth-order valence-corrected chi connectivity index (χ4v) is 0.268. The van der Waals surface area contributed by atoms with Crippen LogP contribution in [0.4, 0.5) is 0 Å². The lowest BCUT2D eigenvalue weighted by Crippen LogP contribution is -1.71. The summed E-state index contributed by atoms with van der Waals surface area (Å²) < 4.78 is 1.64. The molecule has 0 saturated heterocycles. The van der Waals surface area contributed by atoms with Gasteiger partial charge in [0.25, 0.3) is 0 Å². The summed E-state index contributed by atoms with van der Waals surface area (Å²) in [6.07, 6.45) is 2.90. The molecule has 0 aromatic heterocycles. The van der Waals surface area contributed by atoms with Gasteiger partial charge in [-0.3, -0.25) is 4.99 Å². The maximum atomic E-state index is 4.92. The molecule has 0 saturated carbocycles. The number of halogens is 1. The minimum atomic E-state index is 1.38. The minimum Gasteiger partial charge on any atom is -0.403 e. The Bertz CT molecular complexity index is 57.2. The van der Waals surface area contributed by atoms with Crippen LogP contribution in [0.15, 0.2) is 17.4 Å². The molecule has 0 heterocycles. The zero-order valence-electron chi connectivity index (χ0n) is 3.13. The van der Waals surface area contributed by atoms with Crippen LogP contribution in [0.2, 0.25) is 0 Å². The minimum absolute atomic E-state index is 1.38. The summed E-state index contributed by atoms with van der Waals surface area (Å²) in [6.45, 7) is 0. The maximum absolute atomic E-state index is 4.92. The molecule has 3 heteroatoms. The third-order valence-electron chi connectivity index (χ3n) is 0.228. The molecule has 0 aromatic rings. The second kappa shape index (κ2) is 4.94. The van der Waals surface area contributed by atoms with Crippen LogP contribution in [-0.2, 0) is 0 Å². The van der Waals surface area contributed by atoms with Crippen molar-refractivity contribution >= 4 is 26.8 Å². The summed E-state index contributed by atoms with van der Waals surface area (Å²) >= 11 is 2.01. The Morgan fingerprint density at radius 1 is 1.67 bits per heavy atom. The molecular weight excluding hydrogens is 191 g/mol. The molecule has 0 bridgehead atoms. The van der Waals surface area contributed by atoms with E-state index in [0.717, 1.165) is 0 Å². The van der Waals surface area contributed by atoms with Crippen LogP contribution in [0.3, 0.4) is 0 Å². The Kier molecular flexibility index (Phi) is 4.89. The molecule has 2 nitrogen and oxygen atoms in total. The fourth-order valence-electron chi connectivity index (χ4n) is 0.0822. The van der Waals surface area contributed by atoms with E-state index >= 15 is 0 Å². The molecule has 0 aliphatic rings. The van der Waals surface area contributed by atoms with Crippen LogP contribution in [-0.4, -0.2) is 4.22 Å². The highest BCUT2D eigenvalue weighted by Crippen LogP contribution is 1.71. The van der Waals surface area contributed by atoms with Gasteiger partial charge in [-0.05, 0) is 22.6 Å². The molecule has 0 unspecified atom stereocenters. The van der Waals surface area contributed by atoms with Crippen molar-refractivity contribution in [2.24, 2.45) is 10.7 Å². The lowest BCUT2D eigenvalue weighted by atomic mass is 10.9. The molecule has 34 valence electrons. The third-order valence-corrected chi connectivity index (χ3v) is 0.550. The zero-order chi connectivity index (χ0) is 4.83. The zero-order valence-corrected chi connectivity index (χ0v) is 5.29. The number of hydrogen-bond acceptors (Lipinski definition) is 2. The Labute approximate surface area is 50.3 Å². The van der Waals surface area contributed by atoms with Gasteiger partial charge >= 0.3 is 0 Å². The highest BCUT2D eigenvalue weighted by atomic mass is 127. The van der Waals surface area contributed by atoms with Crippen molar-refractivity contribution in [2.75, 3.05) is 0 Å². The van der Waals surface area contributed by atoms with E-state index in [9.17, 15) is 0 Å². The van der Waals surface area contributed by atoms with Crippen LogP contribution in [0.5, 0.6) is 0 Å². The highest BCUT2D eigenvalue weighted by molar-refractivity contribution is 14.1. The molecular formula is C3H5IN2. The van der Waals surface area contributed by atoms with Gasteiger partial charge in [-0.15, -0.1) is 0 Å². The van der Waals surface area contributed by atoms with Crippen LogP contribution < -0.4 is 5.73 Å². The topological polar surface area (TPSA) is 38.4 Å². The average Bonchev–Trinajstić information content (AvgIpc) is 1.61. The van der Waals surface area contributed by atoms with Gasteiger partial charge in [-0.2, -0.15) is 0 Å². The lowest BCUT2D eigenvalue weighted by Gasteiger charge is -1.64. The van der Waals surface area contributed by atoms with Crippen molar-refractivity contribution in [1.82, 2.24) is 0 Å². The van der Waals surface area contributed by atoms with Gasteiger partial charge in [0.2, 0.25) is 0 Å². The van der Waals surface area contributed by atoms with Crippen LogP contribution in [0, 0.1) is 0 Å². The molecule has 0 radical (unpaired) electrons. The Morgan fingerprint density at radius 2 is 2.33 bits per heavy atom. The van der Waals surface area contributed by atoms with E-state index in [1.54, 1.807) is 4.22 Å². The second-order valence-electron chi connectivity index (χ2n) is 0.588. The molecule has 0 spiro atoms. The molecule has 0 aromatic carbocycles. The molecule has 0 rings (SSSR count). The number of nitrogens with zero attached hydrogens (tertiary/aromatic N) is 1. The standard InChI is InChI=1S/C3H5IN2/c4-3-6-2-1-5/h1-3H,5H2/b2-1-,6-3?. The van der Waals surface area contributed by atoms with Gasteiger partial charge in [-0.25, -0.2) is 0 Å². The van der Waals surface area contributed by atoms with Gasteiger partial charge < -0.3 is 5.73 Å². The quantitative estimate of drug-likeness (QED) is 0.490. The molecule has 0 fully saturated rings. The summed E-state index contributed by atoms with van der Waals surface area (Å²) in [5.41, 5.74) is 4.92. The monoisotopic (exact) mass is 196 g/mol. The molecule has 0 atom stereocenters. The summed E-state index contributed by atoms with van der Waals surface area (Å²) in [5.74, 6) is 0. The van der Waals surface area contributed by atoms with Crippen LogP contribution in [0.25, 0.3) is 0 Å². The number of rotatable bonds is 1. The van der Waals surface area contributed by atoms with E-state index in [-0.39, 0.29) is 0 Å². The van der Waals surface area contributed by atoms with Crippen molar-refractivity contribution in [3.05, 3.63) is 12.4 Å². The van der Waals surface area contributed by atoms with E-state index in [2.05, 4.69) is 4.99 Å². The number of hydrogen-bond donors (Lipinski definition) is 1. The average molecular weight is 196 g/mol. The van der Waals surface area contributed by atoms with E-state index < -0.39 is 0 Å². The summed E-state index contributed by atoms with van der Waals surface area (Å²) in [5, 5.41) is 0. The predicted octanol–water partition coefficient (Wildman–Crippen LogP) is 0.880.